The van der Waals surface area contributed by atoms with Gasteiger partial charge in [0, 0.05) is 56.0 Å². The van der Waals surface area contributed by atoms with E-state index in [9.17, 15) is 5.26 Å². The van der Waals surface area contributed by atoms with Crippen molar-refractivity contribution >= 4 is 33.4 Å². The average Bonchev–Trinajstić information content (AvgIpc) is 2.74. The fourth-order valence-corrected chi connectivity index (χ4v) is 4.23. The fraction of sp³-hybridized carbons (Fsp3) is 0.500. The average molecular weight is 442 g/mol. The second-order valence-corrected chi connectivity index (χ2v) is 8.21. The highest BCUT2D eigenvalue weighted by molar-refractivity contribution is 9.10. The quantitative estimate of drug-likeness (QED) is 0.723. The highest BCUT2D eigenvalue weighted by atomic mass is 79.9. The molecule has 2 aromatic heterocycles. The van der Waals surface area contributed by atoms with Crippen LogP contribution in [0.1, 0.15) is 30.7 Å². The molecule has 2 aliphatic heterocycles. The normalized spacial score (nSPS) is 17.5. The van der Waals surface area contributed by atoms with E-state index >= 15 is 0 Å². The van der Waals surface area contributed by atoms with Crippen LogP contribution in [0, 0.1) is 18.3 Å². The van der Waals surface area contributed by atoms with Crippen LogP contribution in [-0.4, -0.2) is 54.2 Å². The summed E-state index contributed by atoms with van der Waals surface area (Å²) in [5, 5.41) is 9.42. The van der Waals surface area contributed by atoms with E-state index in [0.717, 1.165) is 67.0 Å². The zero-order chi connectivity index (χ0) is 19.5. The Bertz CT molecular complexity index is 881. The van der Waals surface area contributed by atoms with Crippen LogP contribution < -0.4 is 14.7 Å². The maximum atomic E-state index is 9.42. The van der Waals surface area contributed by atoms with Gasteiger partial charge in [-0.05, 0) is 48.2 Å². The van der Waals surface area contributed by atoms with Gasteiger partial charge in [0.15, 0.2) is 0 Å². The molecule has 4 rings (SSSR count). The number of nitriles is 1. The van der Waals surface area contributed by atoms with E-state index in [4.69, 9.17) is 4.98 Å². The van der Waals surface area contributed by atoms with E-state index in [2.05, 4.69) is 52.7 Å². The Kier molecular flexibility index (Phi) is 5.62. The number of halogens is 1. The maximum absolute atomic E-state index is 9.42. The topological polar surface area (TPSA) is 72.2 Å². The molecule has 0 unspecified atom stereocenters. The van der Waals surface area contributed by atoms with E-state index < -0.39 is 0 Å². The van der Waals surface area contributed by atoms with Crippen molar-refractivity contribution in [3.05, 3.63) is 34.2 Å². The summed E-state index contributed by atoms with van der Waals surface area (Å²) in [5.74, 6) is 3.63. The number of aryl methyl sites for hydroxylation is 1. The molecule has 0 aliphatic carbocycles. The Hall–Kier alpha value is -2.40. The second-order valence-electron chi connectivity index (χ2n) is 7.29. The van der Waals surface area contributed by atoms with Gasteiger partial charge >= 0.3 is 0 Å². The van der Waals surface area contributed by atoms with E-state index in [-0.39, 0.29) is 0 Å². The molecule has 146 valence electrons. The number of hydrogen-bond acceptors (Lipinski definition) is 7. The van der Waals surface area contributed by atoms with Crippen molar-refractivity contribution < 1.29 is 0 Å². The molecule has 0 radical (unpaired) electrons. The van der Waals surface area contributed by atoms with Crippen molar-refractivity contribution in [3.8, 4) is 6.07 Å². The molecule has 0 aromatic carbocycles. The SMILES string of the molecule is Cc1nc(N2CCCCC2)cc(N2CCN(c3ncc(Br)cc3C#N)CC2)n1. The summed E-state index contributed by atoms with van der Waals surface area (Å²) in [5.41, 5.74) is 0.605. The number of nitrogens with zero attached hydrogens (tertiary/aromatic N) is 7. The van der Waals surface area contributed by atoms with Crippen molar-refractivity contribution in [1.82, 2.24) is 15.0 Å². The van der Waals surface area contributed by atoms with Crippen LogP contribution in [0.15, 0.2) is 22.8 Å². The monoisotopic (exact) mass is 441 g/mol. The van der Waals surface area contributed by atoms with Crippen LogP contribution in [0.25, 0.3) is 0 Å². The first-order valence-electron chi connectivity index (χ1n) is 9.80. The first-order valence-corrected chi connectivity index (χ1v) is 10.6. The highest BCUT2D eigenvalue weighted by Crippen LogP contribution is 2.26. The van der Waals surface area contributed by atoms with Gasteiger partial charge in [-0.2, -0.15) is 5.26 Å². The lowest BCUT2D eigenvalue weighted by Crippen LogP contribution is -2.47. The van der Waals surface area contributed by atoms with E-state index in [1.165, 1.54) is 19.3 Å². The molecular weight excluding hydrogens is 418 g/mol. The minimum Gasteiger partial charge on any atom is -0.356 e. The number of hydrogen-bond donors (Lipinski definition) is 0. The summed E-state index contributed by atoms with van der Waals surface area (Å²) >= 11 is 3.39. The minimum absolute atomic E-state index is 0.605. The zero-order valence-electron chi connectivity index (χ0n) is 16.1. The highest BCUT2D eigenvalue weighted by Gasteiger charge is 2.23. The number of aromatic nitrogens is 3. The molecule has 28 heavy (non-hydrogen) atoms. The molecule has 0 N–H and O–H groups in total. The van der Waals surface area contributed by atoms with Crippen molar-refractivity contribution in [1.29, 1.82) is 5.26 Å². The molecule has 0 saturated carbocycles. The maximum Gasteiger partial charge on any atom is 0.146 e. The Labute approximate surface area is 174 Å². The third-order valence-electron chi connectivity index (χ3n) is 5.35. The van der Waals surface area contributed by atoms with E-state index in [0.29, 0.717) is 5.56 Å². The molecule has 2 aliphatic rings. The number of pyridine rings is 1. The van der Waals surface area contributed by atoms with Crippen LogP contribution in [0.3, 0.4) is 0 Å². The zero-order valence-corrected chi connectivity index (χ0v) is 17.7. The van der Waals surface area contributed by atoms with Gasteiger partial charge in [-0.3, -0.25) is 0 Å². The smallest absolute Gasteiger partial charge is 0.146 e. The van der Waals surface area contributed by atoms with Gasteiger partial charge in [0.1, 0.15) is 29.3 Å². The summed E-state index contributed by atoms with van der Waals surface area (Å²) < 4.78 is 0.827. The van der Waals surface area contributed by atoms with Gasteiger partial charge in [0.25, 0.3) is 0 Å². The molecule has 7 nitrogen and oxygen atoms in total. The van der Waals surface area contributed by atoms with Crippen LogP contribution in [0.2, 0.25) is 0 Å². The standard InChI is InChI=1S/C20H24BrN7/c1-15-24-18(26-5-3-2-4-6-26)12-19(25-15)27-7-9-28(10-8-27)20-16(13-22)11-17(21)14-23-20/h11-12,14H,2-10H2,1H3. The van der Waals surface area contributed by atoms with Gasteiger partial charge in [-0.1, -0.05) is 0 Å². The molecule has 0 amide bonds. The predicted molar refractivity (Wildman–Crippen MR) is 114 cm³/mol. The molecule has 2 aromatic rings. The van der Waals surface area contributed by atoms with E-state index in [1.807, 2.05) is 13.0 Å². The summed E-state index contributed by atoms with van der Waals surface area (Å²) in [7, 11) is 0. The lowest BCUT2D eigenvalue weighted by Gasteiger charge is -2.37. The van der Waals surface area contributed by atoms with Crippen LogP contribution in [0.4, 0.5) is 17.5 Å². The first-order chi connectivity index (χ1) is 13.6. The molecule has 4 heterocycles. The van der Waals surface area contributed by atoms with Gasteiger partial charge < -0.3 is 14.7 Å². The number of piperidine rings is 1. The largest absolute Gasteiger partial charge is 0.356 e. The Morgan fingerprint density at radius 3 is 2.14 bits per heavy atom. The summed E-state index contributed by atoms with van der Waals surface area (Å²) in [4.78, 5) is 20.7. The Balaban J connectivity index is 1.48. The van der Waals surface area contributed by atoms with Crippen molar-refractivity contribution in [2.24, 2.45) is 0 Å². The molecule has 0 bridgehead atoms. The lowest BCUT2D eigenvalue weighted by molar-refractivity contribution is 0.572. The minimum atomic E-state index is 0.605. The van der Waals surface area contributed by atoms with Crippen LogP contribution in [-0.2, 0) is 0 Å². The molecule has 2 fully saturated rings. The lowest BCUT2D eigenvalue weighted by atomic mass is 10.1. The molecule has 0 atom stereocenters. The van der Waals surface area contributed by atoms with Gasteiger partial charge in [-0.25, -0.2) is 15.0 Å². The fourth-order valence-electron chi connectivity index (χ4n) is 3.90. The molecular formula is C20H24BrN7. The summed E-state index contributed by atoms with van der Waals surface area (Å²) in [6, 6.07) is 6.21. The first kappa shape index (κ1) is 18.9. The Morgan fingerprint density at radius 1 is 0.893 bits per heavy atom. The predicted octanol–water partition coefficient (Wildman–Crippen LogP) is 3.13. The number of rotatable bonds is 3. The molecule has 2 saturated heterocycles. The number of anilines is 3. The van der Waals surface area contributed by atoms with Crippen molar-refractivity contribution in [3.63, 3.8) is 0 Å². The van der Waals surface area contributed by atoms with Crippen LogP contribution in [0.5, 0.6) is 0 Å². The number of piperazine rings is 1. The van der Waals surface area contributed by atoms with Crippen molar-refractivity contribution in [2.75, 3.05) is 54.0 Å². The van der Waals surface area contributed by atoms with Crippen molar-refractivity contribution in [2.45, 2.75) is 26.2 Å². The summed E-state index contributed by atoms with van der Waals surface area (Å²) in [6.07, 6.45) is 5.53. The van der Waals surface area contributed by atoms with Gasteiger partial charge in [0.2, 0.25) is 0 Å². The second kappa shape index (κ2) is 8.31. The molecule has 0 spiro atoms. The van der Waals surface area contributed by atoms with Crippen LogP contribution >= 0.6 is 15.9 Å². The van der Waals surface area contributed by atoms with Gasteiger partial charge in [-0.15, -0.1) is 0 Å². The third-order valence-corrected chi connectivity index (χ3v) is 5.78. The third kappa shape index (κ3) is 4.04. The van der Waals surface area contributed by atoms with Gasteiger partial charge in [0.05, 0.1) is 5.56 Å². The van der Waals surface area contributed by atoms with E-state index in [1.54, 1.807) is 6.20 Å². The Morgan fingerprint density at radius 2 is 1.50 bits per heavy atom. The summed E-state index contributed by atoms with van der Waals surface area (Å²) in [6.45, 7) is 7.44. The molecule has 8 heteroatoms.